The fraction of sp³-hybridized carbons (Fsp3) is 0.154. The van der Waals surface area contributed by atoms with Gasteiger partial charge in [0.15, 0.2) is 5.11 Å². The highest BCUT2D eigenvalue weighted by Crippen LogP contribution is 2.43. The SMILES string of the molecule is Cc1cc(C2C(c3ccccn3)NC(=S)N2c2ccc(F)cc2)c(C)n1-c1ccccc1. The predicted molar refractivity (Wildman–Crippen MR) is 130 cm³/mol. The lowest BCUT2D eigenvalue weighted by molar-refractivity contribution is 0.565. The highest BCUT2D eigenvalue weighted by Gasteiger charge is 2.42. The Morgan fingerprint density at radius 1 is 0.906 bits per heavy atom. The van der Waals surface area contributed by atoms with Crippen LogP contribution in [0.4, 0.5) is 10.1 Å². The summed E-state index contributed by atoms with van der Waals surface area (Å²) in [6.45, 7) is 4.25. The summed E-state index contributed by atoms with van der Waals surface area (Å²) in [6, 6.07) is 24.6. The van der Waals surface area contributed by atoms with E-state index in [4.69, 9.17) is 12.2 Å². The second-order valence-corrected chi connectivity index (χ2v) is 8.36. The Balaban J connectivity index is 1.68. The number of anilines is 1. The lowest BCUT2D eigenvalue weighted by Crippen LogP contribution is -2.29. The van der Waals surface area contributed by atoms with Gasteiger partial charge in [0, 0.05) is 29.0 Å². The van der Waals surface area contributed by atoms with Crippen molar-refractivity contribution < 1.29 is 4.39 Å². The van der Waals surface area contributed by atoms with Crippen LogP contribution in [0.15, 0.2) is 85.1 Å². The van der Waals surface area contributed by atoms with Gasteiger partial charge in [-0.25, -0.2) is 4.39 Å². The molecule has 1 aliphatic heterocycles. The molecule has 0 saturated carbocycles. The number of hydrogen-bond acceptors (Lipinski definition) is 2. The van der Waals surface area contributed by atoms with Crippen LogP contribution in [-0.2, 0) is 0 Å². The van der Waals surface area contributed by atoms with Gasteiger partial charge in [0.1, 0.15) is 5.82 Å². The molecule has 2 atom stereocenters. The van der Waals surface area contributed by atoms with Crippen molar-refractivity contribution in [2.45, 2.75) is 25.9 Å². The van der Waals surface area contributed by atoms with E-state index in [0.717, 1.165) is 34.0 Å². The van der Waals surface area contributed by atoms with Crippen LogP contribution in [0.25, 0.3) is 5.69 Å². The summed E-state index contributed by atoms with van der Waals surface area (Å²) in [5.41, 5.74) is 6.30. The van der Waals surface area contributed by atoms with Crippen molar-refractivity contribution in [3.05, 3.63) is 114 Å². The number of benzene rings is 2. The summed E-state index contributed by atoms with van der Waals surface area (Å²) in [5.74, 6) is -0.271. The smallest absolute Gasteiger partial charge is 0.174 e. The fourth-order valence-corrected chi connectivity index (χ4v) is 4.96. The summed E-state index contributed by atoms with van der Waals surface area (Å²) < 4.78 is 15.9. The maximum Gasteiger partial charge on any atom is 0.174 e. The number of nitrogens with one attached hydrogen (secondary N) is 1. The minimum Gasteiger partial charge on any atom is -0.351 e. The average molecular weight is 443 g/mol. The Bertz CT molecular complexity index is 1250. The van der Waals surface area contributed by atoms with E-state index in [1.807, 2.05) is 36.4 Å². The molecule has 1 saturated heterocycles. The molecule has 4 aromatic rings. The summed E-state index contributed by atoms with van der Waals surface area (Å²) in [7, 11) is 0. The molecule has 0 bridgehead atoms. The van der Waals surface area contributed by atoms with Crippen LogP contribution < -0.4 is 10.2 Å². The zero-order valence-corrected chi connectivity index (χ0v) is 18.7. The highest BCUT2D eigenvalue weighted by molar-refractivity contribution is 7.80. The van der Waals surface area contributed by atoms with Crippen LogP contribution in [0, 0.1) is 19.7 Å². The van der Waals surface area contributed by atoms with E-state index in [1.54, 1.807) is 18.3 Å². The summed E-state index contributed by atoms with van der Waals surface area (Å²) in [4.78, 5) is 6.69. The molecular formula is C26H23FN4S. The molecule has 1 fully saturated rings. The van der Waals surface area contributed by atoms with Crippen LogP contribution in [0.1, 0.15) is 34.7 Å². The van der Waals surface area contributed by atoms with Gasteiger partial charge in [-0.3, -0.25) is 4.98 Å². The van der Waals surface area contributed by atoms with Crippen LogP contribution >= 0.6 is 12.2 Å². The van der Waals surface area contributed by atoms with Crippen LogP contribution in [0.3, 0.4) is 0 Å². The zero-order valence-electron chi connectivity index (χ0n) is 17.9. The number of rotatable bonds is 4. The predicted octanol–water partition coefficient (Wildman–Crippen LogP) is 5.81. The lowest BCUT2D eigenvalue weighted by atomic mass is 9.96. The Labute approximate surface area is 192 Å². The maximum absolute atomic E-state index is 13.7. The van der Waals surface area contributed by atoms with Gasteiger partial charge in [-0.05, 0) is 86.2 Å². The Hall–Kier alpha value is -3.51. The molecule has 4 nitrogen and oxygen atoms in total. The van der Waals surface area contributed by atoms with E-state index in [9.17, 15) is 4.39 Å². The first-order chi connectivity index (χ1) is 15.5. The van der Waals surface area contributed by atoms with Gasteiger partial charge in [0.05, 0.1) is 17.8 Å². The standard InChI is InChI=1S/C26H23FN4S/c1-17-16-22(18(2)30(17)20-8-4-3-5-9-20)25-24(23-10-6-7-15-28-23)29-26(32)31(25)21-13-11-19(27)12-14-21/h3-16,24-25H,1-2H3,(H,29,32). The molecule has 1 N–H and O–H groups in total. The minimum atomic E-state index is -0.271. The Morgan fingerprint density at radius 2 is 1.62 bits per heavy atom. The molecule has 2 aromatic carbocycles. The van der Waals surface area contributed by atoms with E-state index in [2.05, 4.69) is 51.8 Å². The molecule has 2 unspecified atom stereocenters. The third-order valence-electron chi connectivity index (χ3n) is 6.01. The molecule has 0 spiro atoms. The summed E-state index contributed by atoms with van der Waals surface area (Å²) in [6.07, 6.45) is 1.80. The molecule has 5 rings (SSSR count). The second-order valence-electron chi connectivity index (χ2n) is 7.97. The van der Waals surface area contributed by atoms with Gasteiger partial charge in [0.2, 0.25) is 0 Å². The van der Waals surface area contributed by atoms with Crippen molar-refractivity contribution in [1.29, 1.82) is 0 Å². The van der Waals surface area contributed by atoms with Crippen molar-refractivity contribution in [2.24, 2.45) is 0 Å². The largest absolute Gasteiger partial charge is 0.351 e. The Kier molecular flexibility index (Phi) is 5.23. The normalized spacial score (nSPS) is 18.1. The monoisotopic (exact) mass is 442 g/mol. The van der Waals surface area contributed by atoms with Crippen LogP contribution in [-0.4, -0.2) is 14.7 Å². The zero-order chi connectivity index (χ0) is 22.2. The molecule has 3 heterocycles. The molecule has 0 amide bonds. The van der Waals surface area contributed by atoms with Gasteiger partial charge in [-0.15, -0.1) is 0 Å². The van der Waals surface area contributed by atoms with E-state index in [0.29, 0.717) is 5.11 Å². The number of aromatic nitrogens is 2. The number of hydrogen-bond donors (Lipinski definition) is 1. The van der Waals surface area contributed by atoms with Crippen molar-refractivity contribution in [1.82, 2.24) is 14.9 Å². The maximum atomic E-state index is 13.7. The summed E-state index contributed by atoms with van der Waals surface area (Å²) >= 11 is 5.77. The first kappa shape index (κ1) is 20.4. The summed E-state index contributed by atoms with van der Waals surface area (Å²) in [5, 5.41) is 4.07. The van der Waals surface area contributed by atoms with Gasteiger partial charge in [0.25, 0.3) is 0 Å². The molecule has 0 aliphatic carbocycles. The lowest BCUT2D eigenvalue weighted by Gasteiger charge is -2.28. The van der Waals surface area contributed by atoms with E-state index < -0.39 is 0 Å². The first-order valence-electron chi connectivity index (χ1n) is 10.5. The molecule has 160 valence electrons. The van der Waals surface area contributed by atoms with Crippen molar-refractivity contribution >= 4 is 23.0 Å². The molecule has 6 heteroatoms. The first-order valence-corrected chi connectivity index (χ1v) is 11.0. The van der Waals surface area contributed by atoms with Crippen molar-refractivity contribution in [3.8, 4) is 5.69 Å². The molecule has 1 aliphatic rings. The second kappa shape index (κ2) is 8.20. The van der Waals surface area contributed by atoms with Crippen molar-refractivity contribution in [3.63, 3.8) is 0 Å². The number of para-hydroxylation sites is 1. The third kappa shape index (κ3) is 3.46. The quantitative estimate of drug-likeness (QED) is 0.405. The van der Waals surface area contributed by atoms with Gasteiger partial charge >= 0.3 is 0 Å². The van der Waals surface area contributed by atoms with E-state index in [1.165, 1.54) is 12.1 Å². The number of halogens is 1. The minimum absolute atomic E-state index is 0.133. The fourth-order valence-electron chi connectivity index (χ4n) is 4.61. The van der Waals surface area contributed by atoms with Crippen LogP contribution in [0.5, 0.6) is 0 Å². The molecule has 2 aromatic heterocycles. The number of thiocarbonyl (C=S) groups is 1. The molecule has 0 radical (unpaired) electrons. The third-order valence-corrected chi connectivity index (χ3v) is 6.32. The Morgan fingerprint density at radius 3 is 2.31 bits per heavy atom. The van der Waals surface area contributed by atoms with Crippen LogP contribution in [0.2, 0.25) is 0 Å². The number of aryl methyl sites for hydroxylation is 1. The highest BCUT2D eigenvalue weighted by atomic mass is 32.1. The molecular weight excluding hydrogens is 419 g/mol. The average Bonchev–Trinajstić information content (AvgIpc) is 3.31. The topological polar surface area (TPSA) is 33.1 Å². The molecule has 32 heavy (non-hydrogen) atoms. The van der Waals surface area contributed by atoms with E-state index >= 15 is 0 Å². The van der Waals surface area contributed by atoms with Gasteiger partial charge < -0.3 is 14.8 Å². The van der Waals surface area contributed by atoms with E-state index in [-0.39, 0.29) is 17.9 Å². The van der Waals surface area contributed by atoms with Gasteiger partial charge in [-0.2, -0.15) is 0 Å². The number of nitrogens with zero attached hydrogens (tertiary/aromatic N) is 3. The van der Waals surface area contributed by atoms with Gasteiger partial charge in [-0.1, -0.05) is 24.3 Å². The van der Waals surface area contributed by atoms with Crippen molar-refractivity contribution in [2.75, 3.05) is 4.90 Å². The number of pyridine rings is 1.